The van der Waals surface area contributed by atoms with E-state index in [1.54, 1.807) is 0 Å². The van der Waals surface area contributed by atoms with Crippen LogP contribution in [0.1, 0.15) is 78.4 Å². The summed E-state index contributed by atoms with van der Waals surface area (Å²) >= 11 is 0. The number of carbonyl (C=O) groups excluding carboxylic acids is 1. The Morgan fingerprint density at radius 3 is 2.11 bits per heavy atom. The Kier molecular flexibility index (Phi) is 8.63. The second kappa shape index (κ2) is 12.5. The number of Topliss-reactive ketones (excluding diaryl/α,β-unsaturated/α-hetero) is 1. The van der Waals surface area contributed by atoms with Crippen molar-refractivity contribution in [3.05, 3.63) is 120 Å². The minimum atomic E-state index is -0.136. The zero-order valence-corrected chi connectivity index (χ0v) is 28.7. The quantitative estimate of drug-likeness (QED) is 0.101. The maximum atomic E-state index is 12.2. The van der Waals surface area contributed by atoms with E-state index in [2.05, 4.69) is 147 Å². The molecule has 0 bridgehead atoms. The predicted molar refractivity (Wildman–Crippen MR) is 197 cm³/mol. The summed E-state index contributed by atoms with van der Waals surface area (Å²) in [6.45, 7) is 14.4. The number of carbonyl (C=O) groups is 1. The third-order valence-corrected chi connectivity index (χ3v) is 10.3. The van der Waals surface area contributed by atoms with Gasteiger partial charge in [-0.05, 0) is 72.0 Å². The van der Waals surface area contributed by atoms with Gasteiger partial charge in [0.2, 0.25) is 5.69 Å². The van der Waals surface area contributed by atoms with Gasteiger partial charge in [0.15, 0.2) is 5.71 Å². The van der Waals surface area contributed by atoms with E-state index in [4.69, 9.17) is 0 Å². The number of nitrogens with zero attached hydrogens (tertiary/aromatic N) is 2. The number of unbranched alkanes of at least 4 members (excludes halogenated alkanes) is 2. The standard InChI is InChI=1S/C43H49N2O/c1-30(2)37(46)22-10-9-17-29-45-36-28-26-32-19-14-16-21-34(32)41(36)43(5,6)39(45)24-12-8-11-23-38-42(3,4)40-33-20-15-13-18-31(33)25-27-35(40)44(38)7/h8,11-16,18-21,23-28,30H,9-10,17,22,29H2,1-7H3/q+1. The molecule has 46 heavy (non-hydrogen) atoms. The number of fused-ring (bicyclic) bond motifs is 6. The Balaban J connectivity index is 1.26. The van der Waals surface area contributed by atoms with Crippen LogP contribution >= 0.6 is 0 Å². The minimum Gasteiger partial charge on any atom is -0.344 e. The van der Waals surface area contributed by atoms with Crippen LogP contribution in [0.3, 0.4) is 0 Å². The SMILES string of the molecule is CC(C)C(=O)CCCCCN1C(=CC=CC=CC2=[N+](C)c3ccc4ccccc4c3C2(C)C)C(C)(C)c2c1ccc1ccccc21. The second-order valence-electron chi connectivity index (χ2n) is 14.4. The molecular weight excluding hydrogens is 560 g/mol. The van der Waals surface area contributed by atoms with Crippen LogP contribution in [0.4, 0.5) is 11.4 Å². The summed E-state index contributed by atoms with van der Waals surface area (Å²) in [5.74, 6) is 0.504. The van der Waals surface area contributed by atoms with Crippen LogP contribution in [0, 0.1) is 5.92 Å². The smallest absolute Gasteiger partial charge is 0.210 e. The number of anilines is 1. The zero-order valence-electron chi connectivity index (χ0n) is 28.7. The van der Waals surface area contributed by atoms with Crippen LogP contribution in [-0.4, -0.2) is 29.7 Å². The van der Waals surface area contributed by atoms with Crippen molar-refractivity contribution in [2.24, 2.45) is 5.92 Å². The average molecular weight is 610 g/mol. The van der Waals surface area contributed by atoms with E-state index in [-0.39, 0.29) is 16.7 Å². The molecule has 2 aliphatic rings. The first-order chi connectivity index (χ1) is 22.0. The first-order valence-corrected chi connectivity index (χ1v) is 17.0. The number of allylic oxidation sites excluding steroid dienone is 6. The lowest BCUT2D eigenvalue weighted by molar-refractivity contribution is -0.401. The fraction of sp³-hybridized carbons (Fsp3) is 0.349. The van der Waals surface area contributed by atoms with Crippen LogP contribution in [0.5, 0.6) is 0 Å². The van der Waals surface area contributed by atoms with Crippen LogP contribution in [0.2, 0.25) is 0 Å². The van der Waals surface area contributed by atoms with Crippen molar-refractivity contribution in [1.29, 1.82) is 0 Å². The summed E-state index contributed by atoms with van der Waals surface area (Å²) in [5, 5.41) is 5.25. The lowest BCUT2D eigenvalue weighted by Gasteiger charge is -2.27. The predicted octanol–water partition coefficient (Wildman–Crippen LogP) is 10.6. The highest BCUT2D eigenvalue weighted by Crippen LogP contribution is 2.51. The average Bonchev–Trinajstić information content (AvgIpc) is 3.38. The molecule has 3 heteroatoms. The molecule has 0 atom stereocenters. The number of hydrogen-bond donors (Lipinski definition) is 0. The summed E-state index contributed by atoms with van der Waals surface area (Å²) in [7, 11) is 2.19. The summed E-state index contributed by atoms with van der Waals surface area (Å²) in [5.41, 5.74) is 7.80. The van der Waals surface area contributed by atoms with Crippen molar-refractivity contribution in [3.63, 3.8) is 0 Å². The van der Waals surface area contributed by atoms with Crippen LogP contribution in [0.15, 0.2) is 109 Å². The molecule has 0 aromatic heterocycles. The highest BCUT2D eigenvalue weighted by Gasteiger charge is 2.44. The van der Waals surface area contributed by atoms with Crippen LogP contribution in [0.25, 0.3) is 21.5 Å². The first kappa shape index (κ1) is 31.7. The number of ketones is 1. The maximum absolute atomic E-state index is 12.2. The van der Waals surface area contributed by atoms with Crippen LogP contribution in [-0.2, 0) is 15.6 Å². The molecule has 0 unspecified atom stereocenters. The van der Waals surface area contributed by atoms with E-state index < -0.39 is 0 Å². The van der Waals surface area contributed by atoms with Crippen molar-refractivity contribution in [2.75, 3.05) is 18.5 Å². The fourth-order valence-corrected chi connectivity index (χ4v) is 7.86. The molecule has 4 aromatic carbocycles. The highest BCUT2D eigenvalue weighted by atomic mass is 16.1. The Hall–Kier alpha value is -4.24. The van der Waals surface area contributed by atoms with Gasteiger partial charge in [-0.1, -0.05) is 107 Å². The van der Waals surface area contributed by atoms with E-state index >= 15 is 0 Å². The number of rotatable bonds is 10. The molecular formula is C43H49N2O+. The van der Waals surface area contributed by atoms with Gasteiger partial charge in [-0.2, -0.15) is 4.58 Å². The molecule has 0 saturated heterocycles. The molecule has 2 heterocycles. The fourth-order valence-electron chi connectivity index (χ4n) is 7.86. The molecule has 236 valence electrons. The molecule has 6 rings (SSSR count). The number of benzene rings is 4. The third-order valence-electron chi connectivity index (χ3n) is 10.3. The van der Waals surface area contributed by atoms with Gasteiger partial charge >= 0.3 is 0 Å². The topological polar surface area (TPSA) is 23.3 Å². The molecule has 0 spiro atoms. The molecule has 0 radical (unpaired) electrons. The van der Waals surface area contributed by atoms with E-state index in [1.165, 1.54) is 55.5 Å². The van der Waals surface area contributed by atoms with Crippen molar-refractivity contribution < 1.29 is 9.37 Å². The second-order valence-corrected chi connectivity index (χ2v) is 14.4. The number of hydrogen-bond acceptors (Lipinski definition) is 2. The lowest BCUT2D eigenvalue weighted by Crippen LogP contribution is -2.27. The summed E-state index contributed by atoms with van der Waals surface area (Å²) < 4.78 is 2.35. The summed E-state index contributed by atoms with van der Waals surface area (Å²) in [6.07, 6.45) is 15.0. The molecule has 2 aliphatic heterocycles. The van der Waals surface area contributed by atoms with Gasteiger partial charge < -0.3 is 4.90 Å². The van der Waals surface area contributed by atoms with E-state index in [1.807, 2.05) is 13.8 Å². The first-order valence-electron chi connectivity index (χ1n) is 17.0. The van der Waals surface area contributed by atoms with Gasteiger partial charge in [-0.25, -0.2) is 0 Å². The highest BCUT2D eigenvalue weighted by molar-refractivity contribution is 6.07. The molecule has 3 nitrogen and oxygen atoms in total. The largest absolute Gasteiger partial charge is 0.344 e. The van der Waals surface area contributed by atoms with Gasteiger partial charge in [0.25, 0.3) is 0 Å². The molecule has 0 aliphatic carbocycles. The molecule has 4 aromatic rings. The van der Waals surface area contributed by atoms with Gasteiger partial charge in [0.1, 0.15) is 12.8 Å². The maximum Gasteiger partial charge on any atom is 0.210 e. The van der Waals surface area contributed by atoms with Gasteiger partial charge in [0.05, 0.1) is 5.41 Å². The van der Waals surface area contributed by atoms with Gasteiger partial charge in [0, 0.05) is 53.4 Å². The Labute approximate surface area is 275 Å². The Morgan fingerprint density at radius 1 is 0.761 bits per heavy atom. The molecule has 0 fully saturated rings. The molecule has 0 saturated carbocycles. The Bertz CT molecular complexity index is 1930. The van der Waals surface area contributed by atoms with E-state index in [9.17, 15) is 4.79 Å². The molecule has 0 amide bonds. The Morgan fingerprint density at radius 2 is 1.41 bits per heavy atom. The third kappa shape index (κ3) is 5.55. The minimum absolute atomic E-state index is 0.0968. The zero-order chi connectivity index (χ0) is 32.6. The summed E-state index contributed by atoms with van der Waals surface area (Å²) in [6, 6.07) is 26.6. The summed E-state index contributed by atoms with van der Waals surface area (Å²) in [4.78, 5) is 14.7. The van der Waals surface area contributed by atoms with E-state index in [0.29, 0.717) is 12.2 Å². The van der Waals surface area contributed by atoms with Crippen molar-refractivity contribution in [3.8, 4) is 0 Å². The van der Waals surface area contributed by atoms with Gasteiger partial charge in [-0.15, -0.1) is 0 Å². The van der Waals surface area contributed by atoms with Crippen molar-refractivity contribution >= 4 is 44.4 Å². The normalized spacial score (nSPS) is 17.8. The monoisotopic (exact) mass is 609 g/mol. The molecule has 0 N–H and O–H groups in total. The van der Waals surface area contributed by atoms with Crippen molar-refractivity contribution in [1.82, 2.24) is 0 Å². The van der Waals surface area contributed by atoms with Crippen LogP contribution < -0.4 is 4.90 Å². The van der Waals surface area contributed by atoms with E-state index in [0.717, 1.165) is 25.8 Å². The van der Waals surface area contributed by atoms with Gasteiger partial charge in [-0.3, -0.25) is 4.79 Å². The van der Waals surface area contributed by atoms with Crippen molar-refractivity contribution in [2.45, 2.75) is 78.1 Å². The lowest BCUT2D eigenvalue weighted by atomic mass is 9.79.